The fourth-order valence-corrected chi connectivity index (χ4v) is 0. The highest BCUT2D eigenvalue weighted by atomic mass is 19.4. The fourth-order valence-electron chi connectivity index (χ4n) is 0. The minimum absolute atomic E-state index is 0. The maximum Gasteiger partial charge on any atom is 0.490 e. The molecule has 0 rings (SSSR count). The minimum atomic E-state index is -5.08. The summed E-state index contributed by atoms with van der Waals surface area (Å²) < 4.78 is 31.7. The Bertz CT molecular complexity index is 151. The third-order valence-corrected chi connectivity index (χ3v) is 0.243. The van der Waals surface area contributed by atoms with Crippen LogP contribution in [0.3, 0.4) is 0 Å². The first kappa shape index (κ1) is 22.6. The van der Waals surface area contributed by atoms with Crippen LogP contribution in [-0.2, 0) is 4.79 Å². The van der Waals surface area contributed by atoms with Crippen LogP contribution in [0.4, 0.5) is 13.2 Å². The topological polar surface area (TPSA) is 113 Å². The van der Waals surface area contributed by atoms with Crippen LogP contribution in [0.1, 0.15) is 6.92 Å². The average Bonchev–Trinajstić information content (AvgIpc) is 1.91. The van der Waals surface area contributed by atoms with Crippen molar-refractivity contribution < 1.29 is 33.7 Å². The zero-order valence-electron chi connectivity index (χ0n) is 6.88. The highest BCUT2D eigenvalue weighted by Gasteiger charge is 2.38. The van der Waals surface area contributed by atoms with Crippen LogP contribution >= 0.6 is 0 Å². The van der Waals surface area contributed by atoms with Crippen LogP contribution < -0.4 is 0 Å². The second kappa shape index (κ2) is 13.3. The molecule has 0 atom stereocenters. The van der Waals surface area contributed by atoms with Crippen LogP contribution in [0.25, 0.3) is 0 Å². The van der Waals surface area contributed by atoms with E-state index in [1.165, 1.54) is 6.92 Å². The van der Waals surface area contributed by atoms with E-state index >= 15 is 0 Å². The lowest BCUT2D eigenvalue weighted by atomic mass is 10.7. The van der Waals surface area contributed by atoms with Gasteiger partial charge in [0.15, 0.2) is 0 Å². The predicted octanol–water partition coefficient (Wildman–Crippen LogP) is -0.0530. The molecule has 0 aliphatic heterocycles. The molecule has 4 N–H and O–H groups in total. The summed E-state index contributed by atoms with van der Waals surface area (Å²) in [5.74, 6) is -2.76. The zero-order valence-corrected chi connectivity index (χ0v) is 6.88. The van der Waals surface area contributed by atoms with E-state index in [0.29, 0.717) is 0 Å². The molecule has 0 saturated heterocycles. The molecule has 0 saturated carbocycles. The molecule has 0 bridgehead atoms. The number of carboxylic acids is 1. The molecule has 0 heterocycles. The maximum atomic E-state index is 10.6. The average molecular weight is 205 g/mol. The molecule has 80 valence electrons. The molecule has 0 aliphatic carbocycles. The fraction of sp³-hybridized carbons (Fsp3) is 0.600. The summed E-state index contributed by atoms with van der Waals surface area (Å²) in [7, 11) is 1.00. The molecule has 0 amide bonds. The van der Waals surface area contributed by atoms with Gasteiger partial charge in [0.2, 0.25) is 0 Å². The van der Waals surface area contributed by atoms with Crippen molar-refractivity contribution in [2.24, 2.45) is 0 Å². The van der Waals surface area contributed by atoms with E-state index in [1.807, 2.05) is 0 Å². The molecule has 0 aromatic carbocycles. The van der Waals surface area contributed by atoms with Gasteiger partial charge in [-0.1, -0.05) is 0 Å². The molecule has 0 unspecified atom stereocenters. The van der Waals surface area contributed by atoms with Gasteiger partial charge in [-0.05, 0) is 0 Å². The number of nitriles is 1. The van der Waals surface area contributed by atoms with E-state index in [-0.39, 0.29) is 5.48 Å². The number of alkyl halides is 3. The zero-order chi connectivity index (χ0) is 10.8. The van der Waals surface area contributed by atoms with Crippen molar-refractivity contribution in [3.8, 4) is 6.07 Å². The van der Waals surface area contributed by atoms with Crippen molar-refractivity contribution in [1.82, 2.24) is 0 Å². The van der Waals surface area contributed by atoms with Gasteiger partial charge in [-0.15, -0.1) is 0 Å². The molecule has 0 aromatic heterocycles. The Labute approximate surface area is 72.3 Å². The molecule has 0 aromatic rings. The van der Waals surface area contributed by atoms with E-state index in [2.05, 4.69) is 0 Å². The van der Waals surface area contributed by atoms with Crippen molar-refractivity contribution in [2.45, 2.75) is 13.1 Å². The Morgan fingerprint density at radius 3 is 1.46 bits per heavy atom. The monoisotopic (exact) mass is 205 g/mol. The van der Waals surface area contributed by atoms with E-state index < -0.39 is 12.1 Å². The number of carbonyl (C=O) groups is 1. The Morgan fingerprint density at radius 1 is 1.38 bits per heavy atom. The van der Waals surface area contributed by atoms with Gasteiger partial charge in [-0.25, -0.2) is 4.79 Å². The number of hydrogen-bond acceptors (Lipinski definition) is 3. The van der Waals surface area contributed by atoms with Crippen LogP contribution in [0, 0.1) is 11.3 Å². The third-order valence-electron chi connectivity index (χ3n) is 0.243. The number of halogens is 3. The highest BCUT2D eigenvalue weighted by molar-refractivity contribution is 5.73. The first-order chi connectivity index (χ1) is 5.36. The summed E-state index contributed by atoms with van der Waals surface area (Å²) in [4.78, 5) is 8.90. The molecule has 8 heteroatoms. The normalized spacial score (nSPS) is 7.15. The summed E-state index contributed by atoms with van der Waals surface area (Å²) in [6, 6.07) is 1.75. The van der Waals surface area contributed by atoms with Crippen molar-refractivity contribution in [3.63, 3.8) is 0 Å². The van der Waals surface area contributed by atoms with Crippen molar-refractivity contribution >= 4 is 5.97 Å². The quantitative estimate of drug-likeness (QED) is 0.576. The van der Waals surface area contributed by atoms with Gasteiger partial charge in [0.05, 0.1) is 6.07 Å². The van der Waals surface area contributed by atoms with Gasteiger partial charge in [0, 0.05) is 14.0 Å². The molecular weight excluding hydrogens is 195 g/mol. The lowest BCUT2D eigenvalue weighted by Crippen LogP contribution is -2.21. The van der Waals surface area contributed by atoms with Gasteiger partial charge < -0.3 is 15.7 Å². The van der Waals surface area contributed by atoms with E-state index in [9.17, 15) is 13.2 Å². The lowest BCUT2D eigenvalue weighted by molar-refractivity contribution is -0.192. The third kappa shape index (κ3) is 36.8. The summed E-state index contributed by atoms with van der Waals surface area (Å²) in [6.07, 6.45) is -5.08. The Hall–Kier alpha value is -1.33. The summed E-state index contributed by atoms with van der Waals surface area (Å²) in [5, 5.41) is 21.4. The molecule has 13 heavy (non-hydrogen) atoms. The smallest absolute Gasteiger partial charge is 0.475 e. The van der Waals surface area contributed by atoms with Gasteiger partial charge in [0.1, 0.15) is 0 Å². The second-order valence-corrected chi connectivity index (χ2v) is 1.03. The van der Waals surface area contributed by atoms with Crippen LogP contribution in [0.5, 0.6) is 0 Å². The number of hydrogen-bond donors (Lipinski definition) is 2. The Kier molecular flexibility index (Phi) is 23.1. The molecular formula is C5H10F3NO4. The number of aliphatic carboxylic acids is 1. The van der Waals surface area contributed by atoms with Gasteiger partial charge >= 0.3 is 12.1 Å². The van der Waals surface area contributed by atoms with E-state index in [0.717, 1.165) is 7.11 Å². The molecule has 5 nitrogen and oxygen atoms in total. The number of nitrogens with zero attached hydrogens (tertiary/aromatic N) is 1. The number of carboxylic acid groups (broad SMARTS) is 1. The molecule has 0 fully saturated rings. The van der Waals surface area contributed by atoms with Gasteiger partial charge in [-0.3, -0.25) is 0 Å². The summed E-state index contributed by atoms with van der Waals surface area (Å²) in [6.45, 7) is 1.43. The van der Waals surface area contributed by atoms with E-state index in [1.54, 1.807) is 6.07 Å². The number of aliphatic hydroxyl groups excluding tert-OH is 1. The molecule has 0 radical (unpaired) electrons. The van der Waals surface area contributed by atoms with Crippen LogP contribution in [-0.4, -0.2) is 34.9 Å². The van der Waals surface area contributed by atoms with Crippen LogP contribution in [0.15, 0.2) is 0 Å². The lowest BCUT2D eigenvalue weighted by Gasteiger charge is -1.93. The standard InChI is InChI=1S/C2HF3O2.C2H3N.CH4O.H2O/c3-2(4,5)1(6)7;1-2-3;1-2;/h(H,6,7);1H3;2H,1H3;1H2. The van der Waals surface area contributed by atoms with E-state index in [4.69, 9.17) is 20.3 Å². The van der Waals surface area contributed by atoms with Crippen LogP contribution in [0.2, 0.25) is 0 Å². The largest absolute Gasteiger partial charge is 0.490 e. The van der Waals surface area contributed by atoms with Crippen molar-refractivity contribution in [3.05, 3.63) is 0 Å². The van der Waals surface area contributed by atoms with Gasteiger partial charge in [-0.2, -0.15) is 18.4 Å². The SMILES string of the molecule is CC#N.CO.O.O=C(O)C(F)(F)F. The molecule has 0 aliphatic rings. The maximum absolute atomic E-state index is 10.6. The van der Waals surface area contributed by atoms with Crippen molar-refractivity contribution in [1.29, 1.82) is 5.26 Å². The summed E-state index contributed by atoms with van der Waals surface area (Å²) in [5.41, 5.74) is 0. The van der Waals surface area contributed by atoms with Gasteiger partial charge in [0.25, 0.3) is 0 Å². The molecule has 0 spiro atoms. The number of aliphatic hydroxyl groups is 1. The number of rotatable bonds is 0. The predicted molar refractivity (Wildman–Crippen MR) is 36.7 cm³/mol. The van der Waals surface area contributed by atoms with Crippen molar-refractivity contribution in [2.75, 3.05) is 7.11 Å². The highest BCUT2D eigenvalue weighted by Crippen LogP contribution is 2.13. The second-order valence-electron chi connectivity index (χ2n) is 1.03. The minimum Gasteiger partial charge on any atom is -0.475 e. The first-order valence-corrected chi connectivity index (χ1v) is 2.42. The summed E-state index contributed by atoms with van der Waals surface area (Å²) >= 11 is 0. The first-order valence-electron chi connectivity index (χ1n) is 2.42. The Morgan fingerprint density at radius 2 is 1.46 bits per heavy atom. The Balaban J connectivity index is -0.0000000581.